The second kappa shape index (κ2) is 7.67. The molecule has 8 heteroatoms. The minimum Gasteiger partial charge on any atom is -0.322 e. The summed E-state index contributed by atoms with van der Waals surface area (Å²) in [6.07, 6.45) is 0.697. The number of alkyl halides is 3. The second-order valence-electron chi connectivity index (χ2n) is 5.55. The summed E-state index contributed by atoms with van der Waals surface area (Å²) in [7, 11) is 0. The number of hydrogen-bond acceptors (Lipinski definition) is 2. The van der Waals surface area contributed by atoms with Crippen LogP contribution in [0, 0.1) is 0 Å². The van der Waals surface area contributed by atoms with Crippen LogP contribution in [-0.2, 0) is 4.79 Å². The van der Waals surface area contributed by atoms with Crippen LogP contribution >= 0.6 is 11.6 Å². The summed E-state index contributed by atoms with van der Waals surface area (Å²) < 4.78 is 41.6. The number of nitrogens with zero attached hydrogens (tertiary/aromatic N) is 2. The van der Waals surface area contributed by atoms with E-state index in [-0.39, 0.29) is 11.3 Å². The minimum absolute atomic E-state index is 0.0892. The molecule has 2 aromatic carbocycles. The van der Waals surface area contributed by atoms with Crippen LogP contribution in [0.5, 0.6) is 0 Å². The fourth-order valence-corrected chi connectivity index (χ4v) is 2.73. The van der Waals surface area contributed by atoms with Crippen LogP contribution in [-0.4, -0.2) is 21.6 Å². The molecule has 0 saturated carbocycles. The third kappa shape index (κ3) is 4.57. The quantitative estimate of drug-likeness (QED) is 0.628. The van der Waals surface area contributed by atoms with E-state index in [1.807, 2.05) is 0 Å². The predicted molar refractivity (Wildman–Crippen MR) is 97.7 cm³/mol. The lowest BCUT2D eigenvalue weighted by Crippen LogP contribution is -2.16. The van der Waals surface area contributed by atoms with Crippen LogP contribution in [0.1, 0.15) is 5.56 Å². The van der Waals surface area contributed by atoms with Crippen LogP contribution in [0.4, 0.5) is 18.9 Å². The Labute approximate surface area is 157 Å². The van der Waals surface area contributed by atoms with Gasteiger partial charge in [-0.3, -0.25) is 4.79 Å². The molecule has 1 aromatic heterocycles. The number of anilines is 1. The Morgan fingerprint density at radius 3 is 2.48 bits per heavy atom. The lowest BCUT2D eigenvalue weighted by molar-refractivity contribution is -0.112. The fourth-order valence-electron chi connectivity index (χ4n) is 2.45. The van der Waals surface area contributed by atoms with Gasteiger partial charge in [-0.15, -0.1) is 0 Å². The monoisotopic (exact) mass is 391 g/mol. The molecule has 138 valence electrons. The van der Waals surface area contributed by atoms with Crippen molar-refractivity contribution in [1.29, 1.82) is 0 Å². The van der Waals surface area contributed by atoms with Crippen LogP contribution in [0.15, 0.2) is 73.3 Å². The molecule has 0 bridgehead atoms. The number of imidazole rings is 1. The van der Waals surface area contributed by atoms with Gasteiger partial charge in [0.2, 0.25) is 5.91 Å². The largest absolute Gasteiger partial charge is 0.417 e. The number of amides is 1. The van der Waals surface area contributed by atoms with E-state index in [0.29, 0.717) is 16.8 Å². The molecule has 0 fully saturated rings. The Hall–Kier alpha value is -3.06. The third-order valence-corrected chi connectivity index (χ3v) is 3.97. The highest BCUT2D eigenvalue weighted by Gasteiger charge is 2.35. The second-order valence-corrected chi connectivity index (χ2v) is 5.95. The number of allylic oxidation sites excluding steroid dienone is 1. The molecule has 3 aromatic rings. The number of benzene rings is 2. The zero-order valence-corrected chi connectivity index (χ0v) is 14.5. The molecule has 1 heterocycles. The van der Waals surface area contributed by atoms with Gasteiger partial charge in [0, 0.05) is 24.2 Å². The Morgan fingerprint density at radius 1 is 1.15 bits per heavy atom. The molecule has 0 atom stereocenters. The number of carbonyl (C=O) groups excluding carboxylic acids is 1. The first-order chi connectivity index (χ1) is 12.8. The molecule has 0 radical (unpaired) electrons. The fraction of sp³-hybridized carbons (Fsp3) is 0.0526. The first-order valence-corrected chi connectivity index (χ1v) is 8.15. The van der Waals surface area contributed by atoms with E-state index in [1.54, 1.807) is 41.5 Å². The smallest absolute Gasteiger partial charge is 0.322 e. The van der Waals surface area contributed by atoms with Gasteiger partial charge in [0.1, 0.15) is 0 Å². The number of aromatic nitrogens is 2. The summed E-state index contributed by atoms with van der Waals surface area (Å²) in [5.41, 5.74) is -0.210. The average Bonchev–Trinajstić information content (AvgIpc) is 3.14. The van der Waals surface area contributed by atoms with Gasteiger partial charge >= 0.3 is 6.18 Å². The lowest BCUT2D eigenvalue weighted by Gasteiger charge is -2.12. The van der Waals surface area contributed by atoms with Crippen molar-refractivity contribution in [3.8, 4) is 5.69 Å². The molecule has 27 heavy (non-hydrogen) atoms. The Kier molecular flexibility index (Phi) is 5.32. The van der Waals surface area contributed by atoms with Gasteiger partial charge in [-0.1, -0.05) is 41.9 Å². The van der Waals surface area contributed by atoms with E-state index < -0.39 is 17.7 Å². The zero-order valence-electron chi connectivity index (χ0n) is 13.7. The van der Waals surface area contributed by atoms with Crippen LogP contribution in [0.2, 0.25) is 5.02 Å². The van der Waals surface area contributed by atoms with Crippen LogP contribution < -0.4 is 5.32 Å². The highest BCUT2D eigenvalue weighted by atomic mass is 35.5. The molecule has 0 unspecified atom stereocenters. The number of halogens is 4. The molecule has 0 aliphatic heterocycles. The Bertz CT molecular complexity index is 968. The molecule has 4 nitrogen and oxygen atoms in total. The average molecular weight is 392 g/mol. The summed E-state index contributed by atoms with van der Waals surface area (Å²) in [6, 6.07) is 11.8. The summed E-state index contributed by atoms with van der Waals surface area (Å²) in [4.78, 5) is 16.0. The third-order valence-electron chi connectivity index (χ3n) is 3.66. The number of rotatable bonds is 4. The molecule has 0 aliphatic rings. The van der Waals surface area contributed by atoms with Gasteiger partial charge in [0.25, 0.3) is 0 Å². The van der Waals surface area contributed by atoms with E-state index in [2.05, 4.69) is 10.3 Å². The lowest BCUT2D eigenvalue weighted by atomic mass is 10.1. The molecule has 1 N–H and O–H groups in total. The van der Waals surface area contributed by atoms with Crippen LogP contribution in [0.3, 0.4) is 0 Å². The summed E-state index contributed by atoms with van der Waals surface area (Å²) in [5, 5.41) is 2.72. The van der Waals surface area contributed by atoms with Gasteiger partial charge < -0.3 is 9.88 Å². The van der Waals surface area contributed by atoms with Crippen molar-refractivity contribution in [2.45, 2.75) is 6.18 Å². The first-order valence-electron chi connectivity index (χ1n) is 7.78. The SMILES string of the molecule is O=C(/C=C(\c1ccccc1)C(F)(F)F)Nc1ccc(-n2ccnc2)c(Cl)c1. The topological polar surface area (TPSA) is 46.9 Å². The molecule has 0 spiro atoms. The molecular formula is C19H13ClF3N3O. The summed E-state index contributed by atoms with van der Waals surface area (Å²) in [5.74, 6) is -0.905. The zero-order chi connectivity index (χ0) is 19.4. The van der Waals surface area contributed by atoms with Gasteiger partial charge in [-0.25, -0.2) is 4.98 Å². The van der Waals surface area contributed by atoms with E-state index in [1.165, 1.54) is 30.3 Å². The van der Waals surface area contributed by atoms with Crippen LogP contribution in [0.25, 0.3) is 11.3 Å². The normalized spacial score (nSPS) is 12.1. The minimum atomic E-state index is -4.67. The maximum atomic E-state index is 13.3. The van der Waals surface area contributed by atoms with Gasteiger partial charge in [0.05, 0.1) is 22.6 Å². The van der Waals surface area contributed by atoms with Crippen molar-refractivity contribution < 1.29 is 18.0 Å². The van der Waals surface area contributed by atoms with Crippen molar-refractivity contribution in [1.82, 2.24) is 9.55 Å². The molecule has 3 rings (SSSR count). The van der Waals surface area contributed by atoms with Crippen molar-refractivity contribution in [2.24, 2.45) is 0 Å². The number of nitrogens with one attached hydrogen (secondary N) is 1. The maximum Gasteiger partial charge on any atom is 0.417 e. The van der Waals surface area contributed by atoms with Crippen molar-refractivity contribution in [2.75, 3.05) is 5.32 Å². The van der Waals surface area contributed by atoms with E-state index in [4.69, 9.17) is 11.6 Å². The summed E-state index contributed by atoms with van der Waals surface area (Å²) in [6.45, 7) is 0. The van der Waals surface area contributed by atoms with E-state index >= 15 is 0 Å². The van der Waals surface area contributed by atoms with Gasteiger partial charge in [0.15, 0.2) is 0 Å². The Balaban J connectivity index is 1.84. The number of hydrogen-bond donors (Lipinski definition) is 1. The first kappa shape index (κ1) is 18.7. The maximum absolute atomic E-state index is 13.3. The molecular weight excluding hydrogens is 379 g/mol. The van der Waals surface area contributed by atoms with E-state index in [0.717, 1.165) is 0 Å². The molecule has 0 aliphatic carbocycles. The van der Waals surface area contributed by atoms with Gasteiger partial charge in [-0.05, 0) is 23.8 Å². The van der Waals surface area contributed by atoms with E-state index in [9.17, 15) is 18.0 Å². The standard InChI is InChI=1S/C19H13ClF3N3O/c20-16-10-14(6-7-17(16)26-9-8-24-12-26)25-18(27)11-15(19(21,22)23)13-4-2-1-3-5-13/h1-12H,(H,25,27)/b15-11+. The number of carbonyl (C=O) groups is 1. The van der Waals surface area contributed by atoms with Crippen molar-refractivity contribution in [3.63, 3.8) is 0 Å². The molecule has 1 amide bonds. The predicted octanol–water partition coefficient (Wildman–Crippen LogP) is 5.11. The highest BCUT2D eigenvalue weighted by molar-refractivity contribution is 6.32. The van der Waals surface area contributed by atoms with Crippen molar-refractivity contribution >= 4 is 28.8 Å². The molecule has 0 saturated heterocycles. The van der Waals surface area contributed by atoms with Crippen molar-refractivity contribution in [3.05, 3.63) is 83.9 Å². The van der Waals surface area contributed by atoms with Gasteiger partial charge in [-0.2, -0.15) is 13.2 Å². The summed E-state index contributed by atoms with van der Waals surface area (Å²) >= 11 is 6.18. The Morgan fingerprint density at radius 2 is 1.89 bits per heavy atom. The highest BCUT2D eigenvalue weighted by Crippen LogP contribution is 2.33.